The number of hydrogen-bond donors (Lipinski definition) is 2. The van der Waals surface area contributed by atoms with Crippen LogP contribution in [0.25, 0.3) is 0 Å². The molecule has 0 spiro atoms. The van der Waals surface area contributed by atoms with Crippen molar-refractivity contribution in [2.24, 2.45) is 0 Å². The van der Waals surface area contributed by atoms with Gasteiger partial charge in [-0.05, 0) is 31.2 Å². The first-order valence-electron chi connectivity index (χ1n) is 6.52. The number of nitrogens with zero attached hydrogens (tertiary/aromatic N) is 1. The smallest absolute Gasteiger partial charge is 0.338 e. The van der Waals surface area contributed by atoms with Gasteiger partial charge in [0.1, 0.15) is 5.00 Å². The highest BCUT2D eigenvalue weighted by molar-refractivity contribution is 7.14. The maximum absolute atomic E-state index is 12.2. The molecule has 0 bridgehead atoms. The molecule has 1 aliphatic carbocycles. The fourth-order valence-corrected chi connectivity index (χ4v) is 3.30. The lowest BCUT2D eigenvalue weighted by Crippen LogP contribution is -2.41. The zero-order valence-corrected chi connectivity index (χ0v) is 11.7. The fraction of sp³-hybridized carbons (Fsp3) is 0.538. The van der Waals surface area contributed by atoms with Crippen LogP contribution in [0.4, 0.5) is 9.80 Å². The van der Waals surface area contributed by atoms with Gasteiger partial charge in [0.2, 0.25) is 0 Å². The Bertz CT molecular complexity index is 466. The molecule has 2 rings (SSSR count). The summed E-state index contributed by atoms with van der Waals surface area (Å²) in [7, 11) is 0. The number of carbonyl (C=O) groups is 2. The lowest BCUT2D eigenvalue weighted by molar-refractivity contribution is 0.0698. The van der Waals surface area contributed by atoms with Crippen molar-refractivity contribution >= 4 is 28.3 Å². The molecule has 1 heterocycles. The van der Waals surface area contributed by atoms with E-state index in [1.54, 1.807) is 10.3 Å². The Hall–Kier alpha value is -1.56. The summed E-state index contributed by atoms with van der Waals surface area (Å²) in [5.41, 5.74) is 0.154. The lowest BCUT2D eigenvalue weighted by atomic mass is 10.2. The normalized spacial score (nSPS) is 15.4. The van der Waals surface area contributed by atoms with Crippen LogP contribution >= 0.6 is 11.3 Å². The highest BCUT2D eigenvalue weighted by Gasteiger charge is 2.26. The van der Waals surface area contributed by atoms with E-state index in [0.29, 0.717) is 17.6 Å². The molecule has 6 heteroatoms. The van der Waals surface area contributed by atoms with Crippen LogP contribution in [0.1, 0.15) is 43.0 Å². The van der Waals surface area contributed by atoms with Gasteiger partial charge in [-0.3, -0.25) is 5.32 Å². The van der Waals surface area contributed by atoms with Gasteiger partial charge in [0.15, 0.2) is 0 Å². The van der Waals surface area contributed by atoms with Gasteiger partial charge in [0.25, 0.3) is 0 Å². The van der Waals surface area contributed by atoms with E-state index in [9.17, 15) is 9.59 Å². The van der Waals surface area contributed by atoms with Crippen molar-refractivity contribution in [2.75, 3.05) is 11.9 Å². The van der Waals surface area contributed by atoms with E-state index in [2.05, 4.69) is 5.32 Å². The molecule has 0 radical (unpaired) electrons. The molecule has 0 unspecified atom stereocenters. The van der Waals surface area contributed by atoms with E-state index in [0.717, 1.165) is 25.7 Å². The molecule has 5 nitrogen and oxygen atoms in total. The average Bonchev–Trinajstić information content (AvgIpc) is 3.00. The van der Waals surface area contributed by atoms with Crippen LogP contribution in [-0.4, -0.2) is 34.6 Å². The standard InChI is InChI=1S/C13H18N2O3S/c1-2-15(9-5-3-4-6-9)13(18)14-11-10(12(16)17)7-8-19-11/h7-9H,2-6H2,1H3,(H,14,18)(H,16,17). The van der Waals surface area contributed by atoms with E-state index < -0.39 is 5.97 Å². The van der Waals surface area contributed by atoms with Crippen molar-refractivity contribution in [1.82, 2.24) is 4.90 Å². The molecule has 104 valence electrons. The minimum absolute atomic E-state index is 0.154. The van der Waals surface area contributed by atoms with E-state index in [4.69, 9.17) is 5.11 Å². The monoisotopic (exact) mass is 282 g/mol. The molecular weight excluding hydrogens is 264 g/mol. The second-order valence-corrected chi connectivity index (χ2v) is 5.54. The predicted molar refractivity (Wildman–Crippen MR) is 74.9 cm³/mol. The van der Waals surface area contributed by atoms with Crippen molar-refractivity contribution in [3.8, 4) is 0 Å². The number of carboxylic acids is 1. The number of hydrogen-bond acceptors (Lipinski definition) is 3. The Morgan fingerprint density at radius 3 is 2.74 bits per heavy atom. The minimum atomic E-state index is -1.01. The zero-order valence-electron chi connectivity index (χ0n) is 10.9. The Balaban J connectivity index is 2.06. The van der Waals surface area contributed by atoms with Crippen LogP contribution in [0.15, 0.2) is 11.4 Å². The summed E-state index contributed by atoms with van der Waals surface area (Å²) in [5.74, 6) is -1.01. The van der Waals surface area contributed by atoms with Crippen LogP contribution in [0.2, 0.25) is 0 Å². The largest absolute Gasteiger partial charge is 0.478 e. The quantitative estimate of drug-likeness (QED) is 0.890. The molecule has 0 aliphatic heterocycles. The molecule has 2 N–H and O–H groups in total. The highest BCUT2D eigenvalue weighted by atomic mass is 32.1. The van der Waals surface area contributed by atoms with Crippen molar-refractivity contribution in [2.45, 2.75) is 38.6 Å². The average molecular weight is 282 g/mol. The molecule has 1 aromatic heterocycles. The Morgan fingerprint density at radius 1 is 1.47 bits per heavy atom. The van der Waals surface area contributed by atoms with Gasteiger partial charge in [0.05, 0.1) is 5.56 Å². The van der Waals surface area contributed by atoms with E-state index in [-0.39, 0.29) is 11.6 Å². The van der Waals surface area contributed by atoms with Crippen molar-refractivity contribution < 1.29 is 14.7 Å². The molecule has 1 fully saturated rings. The molecule has 1 aliphatic rings. The second kappa shape index (κ2) is 6.06. The van der Waals surface area contributed by atoms with Gasteiger partial charge in [-0.15, -0.1) is 11.3 Å². The highest BCUT2D eigenvalue weighted by Crippen LogP contribution is 2.26. The zero-order chi connectivity index (χ0) is 13.8. The SMILES string of the molecule is CCN(C(=O)Nc1sccc1C(=O)O)C1CCCC1. The number of urea groups is 1. The first-order valence-corrected chi connectivity index (χ1v) is 7.39. The Morgan fingerprint density at radius 2 is 2.16 bits per heavy atom. The first kappa shape index (κ1) is 13.9. The number of amides is 2. The van der Waals surface area contributed by atoms with Crippen LogP contribution in [0.3, 0.4) is 0 Å². The summed E-state index contributed by atoms with van der Waals surface area (Å²) in [5, 5.41) is 13.8. The van der Waals surface area contributed by atoms with Crippen molar-refractivity contribution in [3.05, 3.63) is 17.0 Å². The molecule has 1 aromatic rings. The minimum Gasteiger partial charge on any atom is -0.478 e. The van der Waals surface area contributed by atoms with Gasteiger partial charge in [0, 0.05) is 12.6 Å². The maximum Gasteiger partial charge on any atom is 0.338 e. The van der Waals surface area contributed by atoms with E-state index >= 15 is 0 Å². The number of anilines is 1. The summed E-state index contributed by atoms with van der Waals surface area (Å²) in [4.78, 5) is 25.0. The van der Waals surface area contributed by atoms with Gasteiger partial charge in [-0.25, -0.2) is 9.59 Å². The number of rotatable bonds is 4. The van der Waals surface area contributed by atoms with Gasteiger partial charge in [-0.2, -0.15) is 0 Å². The second-order valence-electron chi connectivity index (χ2n) is 4.62. The summed E-state index contributed by atoms with van der Waals surface area (Å²) in [6, 6.07) is 1.60. The molecule has 1 saturated carbocycles. The summed E-state index contributed by atoms with van der Waals surface area (Å²) in [6.07, 6.45) is 4.40. The lowest BCUT2D eigenvalue weighted by Gasteiger charge is -2.27. The number of nitrogens with one attached hydrogen (secondary N) is 1. The van der Waals surface area contributed by atoms with Crippen LogP contribution < -0.4 is 5.32 Å². The Labute approximate surface area is 116 Å². The summed E-state index contributed by atoms with van der Waals surface area (Å²) in [6.45, 7) is 2.59. The van der Waals surface area contributed by atoms with Crippen LogP contribution in [-0.2, 0) is 0 Å². The number of aromatic carboxylic acids is 1. The molecule has 0 aromatic carbocycles. The third kappa shape index (κ3) is 3.07. The molecule has 0 saturated heterocycles. The third-order valence-corrected chi connectivity index (χ3v) is 4.31. The van der Waals surface area contributed by atoms with E-state index in [1.807, 2.05) is 6.92 Å². The number of carboxylic acid groups (broad SMARTS) is 1. The van der Waals surface area contributed by atoms with Gasteiger partial charge >= 0.3 is 12.0 Å². The van der Waals surface area contributed by atoms with Crippen LogP contribution in [0, 0.1) is 0 Å². The number of thiophene rings is 1. The van der Waals surface area contributed by atoms with Crippen LogP contribution in [0.5, 0.6) is 0 Å². The van der Waals surface area contributed by atoms with E-state index in [1.165, 1.54) is 17.4 Å². The fourth-order valence-electron chi connectivity index (χ4n) is 2.53. The van der Waals surface area contributed by atoms with Gasteiger partial charge < -0.3 is 10.0 Å². The van der Waals surface area contributed by atoms with Gasteiger partial charge in [-0.1, -0.05) is 12.8 Å². The summed E-state index contributed by atoms with van der Waals surface area (Å²) < 4.78 is 0. The Kier molecular flexibility index (Phi) is 4.42. The molecular formula is C13H18N2O3S. The maximum atomic E-state index is 12.2. The first-order chi connectivity index (χ1) is 9.13. The van der Waals surface area contributed by atoms with Crippen molar-refractivity contribution in [3.63, 3.8) is 0 Å². The third-order valence-electron chi connectivity index (χ3n) is 3.48. The summed E-state index contributed by atoms with van der Waals surface area (Å²) >= 11 is 1.24. The molecule has 2 amide bonds. The molecule has 0 atom stereocenters. The molecule has 19 heavy (non-hydrogen) atoms. The number of carbonyl (C=O) groups excluding carboxylic acids is 1. The topological polar surface area (TPSA) is 69.6 Å². The van der Waals surface area contributed by atoms with Crippen molar-refractivity contribution in [1.29, 1.82) is 0 Å². The predicted octanol–water partition coefficient (Wildman–Crippen LogP) is 3.24.